The minimum atomic E-state index is 0.0884. The Morgan fingerprint density at radius 1 is 1.38 bits per heavy atom. The molecule has 0 bridgehead atoms. The van der Waals surface area contributed by atoms with E-state index >= 15 is 0 Å². The lowest BCUT2D eigenvalue weighted by atomic mass is 9.97. The van der Waals surface area contributed by atoms with Gasteiger partial charge >= 0.3 is 0 Å². The predicted molar refractivity (Wildman–Crippen MR) is 94.1 cm³/mol. The second-order valence-electron chi connectivity index (χ2n) is 6.43. The van der Waals surface area contributed by atoms with Gasteiger partial charge in [0.25, 0.3) is 5.91 Å². The summed E-state index contributed by atoms with van der Waals surface area (Å²) in [4.78, 5) is 22.7. The van der Waals surface area contributed by atoms with Gasteiger partial charge in [-0.3, -0.25) is 4.79 Å². The minimum absolute atomic E-state index is 0.0884. The van der Waals surface area contributed by atoms with Crippen LogP contribution in [0, 0.1) is 0 Å². The van der Waals surface area contributed by atoms with E-state index in [2.05, 4.69) is 21.5 Å². The van der Waals surface area contributed by atoms with Gasteiger partial charge in [0.05, 0.1) is 0 Å². The molecule has 5 heteroatoms. The first kappa shape index (κ1) is 15.0. The fraction of sp³-hybridized carbons (Fsp3) is 0.368. The number of fused-ring (bicyclic) bond motifs is 1. The number of nitrogens with one attached hydrogen (secondary N) is 1. The molecule has 1 N–H and O–H groups in total. The first-order valence-electron chi connectivity index (χ1n) is 8.64. The van der Waals surface area contributed by atoms with Gasteiger partial charge in [0.1, 0.15) is 11.5 Å². The van der Waals surface area contributed by atoms with Crippen molar-refractivity contribution >= 4 is 16.8 Å². The highest BCUT2D eigenvalue weighted by atomic mass is 16.2. The first-order valence-corrected chi connectivity index (χ1v) is 8.64. The molecule has 5 nitrogen and oxygen atoms in total. The summed E-state index contributed by atoms with van der Waals surface area (Å²) in [7, 11) is 0. The van der Waals surface area contributed by atoms with Gasteiger partial charge in [-0.15, -0.1) is 0 Å². The molecule has 1 aliphatic rings. The van der Waals surface area contributed by atoms with Gasteiger partial charge in [-0.25, -0.2) is 4.98 Å². The number of aromatic amines is 1. The molecule has 0 aliphatic carbocycles. The quantitative estimate of drug-likeness (QED) is 0.803. The highest BCUT2D eigenvalue weighted by Gasteiger charge is 2.28. The van der Waals surface area contributed by atoms with Crippen LogP contribution in [0.15, 0.2) is 42.7 Å². The van der Waals surface area contributed by atoms with E-state index < -0.39 is 0 Å². The third-order valence-electron chi connectivity index (χ3n) is 4.92. The number of aryl methyl sites for hydroxylation is 1. The number of carbonyl (C=O) groups excluding carboxylic acids is 1. The largest absolute Gasteiger partial charge is 0.351 e. The summed E-state index contributed by atoms with van der Waals surface area (Å²) in [6.07, 6.45) is 5.99. The Hall–Kier alpha value is -2.56. The fourth-order valence-corrected chi connectivity index (χ4v) is 3.68. The van der Waals surface area contributed by atoms with E-state index in [1.807, 2.05) is 47.6 Å². The summed E-state index contributed by atoms with van der Waals surface area (Å²) in [5.74, 6) is 1.51. The van der Waals surface area contributed by atoms with Gasteiger partial charge in [0.15, 0.2) is 0 Å². The highest BCUT2D eigenvalue weighted by molar-refractivity contribution is 5.98. The van der Waals surface area contributed by atoms with Crippen LogP contribution in [0.3, 0.4) is 0 Å². The molecule has 1 atom stereocenters. The number of H-pyrrole nitrogens is 1. The summed E-state index contributed by atoms with van der Waals surface area (Å²) < 4.78 is 2.18. The maximum atomic E-state index is 12.9. The number of para-hydroxylation sites is 1. The molecule has 2 aromatic heterocycles. The van der Waals surface area contributed by atoms with E-state index in [0.717, 1.165) is 49.2 Å². The molecule has 0 radical (unpaired) electrons. The van der Waals surface area contributed by atoms with Gasteiger partial charge in [-0.2, -0.15) is 0 Å². The number of piperidine rings is 1. The summed E-state index contributed by atoms with van der Waals surface area (Å²) in [6.45, 7) is 4.60. The van der Waals surface area contributed by atoms with E-state index in [-0.39, 0.29) is 5.91 Å². The Kier molecular flexibility index (Phi) is 3.84. The Bertz CT molecular complexity index is 830. The monoisotopic (exact) mass is 322 g/mol. The number of carbonyl (C=O) groups is 1. The van der Waals surface area contributed by atoms with Crippen molar-refractivity contribution in [3.63, 3.8) is 0 Å². The number of benzene rings is 1. The number of hydrogen-bond donors (Lipinski definition) is 1. The van der Waals surface area contributed by atoms with Crippen LogP contribution in [0.2, 0.25) is 0 Å². The molecule has 0 saturated carbocycles. The van der Waals surface area contributed by atoms with Crippen molar-refractivity contribution in [2.24, 2.45) is 0 Å². The van der Waals surface area contributed by atoms with Crippen molar-refractivity contribution in [2.75, 3.05) is 13.1 Å². The van der Waals surface area contributed by atoms with Gasteiger partial charge in [0.2, 0.25) is 0 Å². The minimum Gasteiger partial charge on any atom is -0.351 e. The standard InChI is InChI=1S/C19H22N4O/c1-2-22-11-9-20-18(22)15-7-5-10-23(13-15)19(24)17-12-14-6-3-4-8-16(14)21-17/h3-4,6,8-9,11-12,15,21H,2,5,7,10,13H2,1H3. The molecule has 1 aromatic carbocycles. The van der Waals surface area contributed by atoms with Crippen LogP contribution >= 0.6 is 0 Å². The number of likely N-dealkylation sites (tertiary alicyclic amines) is 1. The zero-order chi connectivity index (χ0) is 16.5. The smallest absolute Gasteiger partial charge is 0.270 e. The summed E-state index contributed by atoms with van der Waals surface area (Å²) in [6, 6.07) is 9.96. The van der Waals surface area contributed by atoms with Gasteiger partial charge in [-0.1, -0.05) is 18.2 Å². The zero-order valence-corrected chi connectivity index (χ0v) is 13.9. The zero-order valence-electron chi connectivity index (χ0n) is 13.9. The molecule has 24 heavy (non-hydrogen) atoms. The topological polar surface area (TPSA) is 53.9 Å². The van der Waals surface area contributed by atoms with Crippen LogP contribution in [0.25, 0.3) is 10.9 Å². The third-order valence-corrected chi connectivity index (χ3v) is 4.92. The lowest BCUT2D eigenvalue weighted by Crippen LogP contribution is -2.39. The number of rotatable bonds is 3. The van der Waals surface area contributed by atoms with E-state index in [1.54, 1.807) is 0 Å². The molecule has 124 valence electrons. The second kappa shape index (κ2) is 6.15. The highest BCUT2D eigenvalue weighted by Crippen LogP contribution is 2.27. The molecule has 1 saturated heterocycles. The van der Waals surface area contributed by atoms with Crippen LogP contribution in [-0.4, -0.2) is 38.4 Å². The van der Waals surface area contributed by atoms with Crippen LogP contribution in [0.5, 0.6) is 0 Å². The van der Waals surface area contributed by atoms with Gasteiger partial charge < -0.3 is 14.5 Å². The average molecular weight is 322 g/mol. The van der Waals surface area contributed by atoms with Crippen molar-refractivity contribution in [1.82, 2.24) is 19.4 Å². The summed E-state index contributed by atoms with van der Waals surface area (Å²) in [5.41, 5.74) is 1.69. The van der Waals surface area contributed by atoms with Crippen molar-refractivity contribution in [2.45, 2.75) is 32.2 Å². The van der Waals surface area contributed by atoms with E-state index in [9.17, 15) is 4.79 Å². The molecule has 1 fully saturated rings. The van der Waals surface area contributed by atoms with Crippen molar-refractivity contribution < 1.29 is 4.79 Å². The fourth-order valence-electron chi connectivity index (χ4n) is 3.68. The van der Waals surface area contributed by atoms with Gasteiger partial charge in [-0.05, 0) is 31.9 Å². The molecule has 3 aromatic rings. The van der Waals surface area contributed by atoms with E-state index in [1.165, 1.54) is 0 Å². The third kappa shape index (κ3) is 2.60. The number of hydrogen-bond acceptors (Lipinski definition) is 2. The normalized spacial score (nSPS) is 18.2. The number of amides is 1. The molecule has 0 spiro atoms. The van der Waals surface area contributed by atoms with Crippen LogP contribution < -0.4 is 0 Å². The number of aromatic nitrogens is 3. The molecule has 1 aliphatic heterocycles. The van der Waals surface area contributed by atoms with Crippen molar-refractivity contribution in [1.29, 1.82) is 0 Å². The molecule has 4 rings (SSSR count). The number of imidazole rings is 1. The lowest BCUT2D eigenvalue weighted by molar-refractivity contribution is 0.0698. The van der Waals surface area contributed by atoms with Gasteiger partial charge in [0, 0.05) is 48.8 Å². The molecule has 1 amide bonds. The predicted octanol–water partition coefficient (Wildman–Crippen LogP) is 3.40. The first-order chi connectivity index (χ1) is 11.8. The summed E-state index contributed by atoms with van der Waals surface area (Å²) in [5, 5.41) is 1.08. The Balaban J connectivity index is 1.56. The molecule has 3 heterocycles. The Labute approximate surface area is 141 Å². The van der Waals surface area contributed by atoms with Crippen LogP contribution in [0.1, 0.15) is 42.0 Å². The SMILES string of the molecule is CCn1ccnc1C1CCCN(C(=O)c2cc3ccccc3[nH]2)C1. The van der Waals surface area contributed by atoms with Crippen molar-refractivity contribution in [3.8, 4) is 0 Å². The maximum absolute atomic E-state index is 12.9. The average Bonchev–Trinajstić information content (AvgIpc) is 3.27. The maximum Gasteiger partial charge on any atom is 0.270 e. The van der Waals surface area contributed by atoms with E-state index in [0.29, 0.717) is 11.6 Å². The Morgan fingerprint density at radius 3 is 3.08 bits per heavy atom. The lowest BCUT2D eigenvalue weighted by Gasteiger charge is -2.32. The van der Waals surface area contributed by atoms with Crippen LogP contribution in [-0.2, 0) is 6.54 Å². The Morgan fingerprint density at radius 2 is 2.25 bits per heavy atom. The molecular weight excluding hydrogens is 300 g/mol. The van der Waals surface area contributed by atoms with E-state index in [4.69, 9.17) is 0 Å². The molecular formula is C19H22N4O. The second-order valence-corrected chi connectivity index (χ2v) is 6.43. The van der Waals surface area contributed by atoms with Crippen LogP contribution in [0.4, 0.5) is 0 Å². The summed E-state index contributed by atoms with van der Waals surface area (Å²) >= 11 is 0. The molecule has 1 unspecified atom stereocenters. The number of nitrogens with zero attached hydrogens (tertiary/aromatic N) is 3. The van der Waals surface area contributed by atoms with Crippen molar-refractivity contribution in [3.05, 3.63) is 54.2 Å².